The molecular formula is C10H19N2O4S+. The molecule has 2 aliphatic rings. The van der Waals surface area contributed by atoms with Gasteiger partial charge in [0.25, 0.3) is 0 Å². The number of hydrogen-bond donors (Lipinski definition) is 1. The normalized spacial score (nSPS) is 29.4. The highest BCUT2D eigenvalue weighted by Crippen LogP contribution is 2.07. The summed E-state index contributed by atoms with van der Waals surface area (Å²) in [7, 11) is 1.57. The number of allylic oxidation sites excluding steroid dienone is 1. The van der Waals surface area contributed by atoms with Gasteiger partial charge in [-0.25, -0.2) is 4.90 Å². The minimum Gasteiger partial charge on any atom is -0.330 e. The first-order valence-corrected chi connectivity index (χ1v) is 5.28. The molecule has 0 bridgehead atoms. The van der Waals surface area contributed by atoms with E-state index in [1.807, 2.05) is 13.8 Å². The topological polar surface area (TPSA) is 66.0 Å². The third-order valence-electron chi connectivity index (χ3n) is 2.38. The van der Waals surface area contributed by atoms with Crippen LogP contribution in [0.25, 0.3) is 0 Å². The molecule has 2 rings (SSSR count). The Morgan fingerprint density at radius 1 is 1.59 bits per heavy atom. The maximum Gasteiger partial charge on any atom is 0.321 e. The number of nitrogens with zero attached hydrogens (tertiary/aromatic N) is 1. The lowest BCUT2D eigenvalue weighted by atomic mass is 10.3. The van der Waals surface area contributed by atoms with Crippen molar-refractivity contribution in [3.63, 3.8) is 0 Å². The van der Waals surface area contributed by atoms with Gasteiger partial charge in [-0.1, -0.05) is 13.8 Å². The fourth-order valence-corrected chi connectivity index (χ4v) is 1.63. The zero-order valence-electron chi connectivity index (χ0n) is 10.2. The first-order valence-electron chi connectivity index (χ1n) is 5.28. The molecule has 17 heavy (non-hydrogen) atoms. The monoisotopic (exact) mass is 263 g/mol. The van der Waals surface area contributed by atoms with Gasteiger partial charge in [0.2, 0.25) is 12.5 Å². The molecule has 0 aromatic rings. The smallest absolute Gasteiger partial charge is 0.321 e. The predicted molar refractivity (Wildman–Crippen MR) is 67.4 cm³/mol. The van der Waals surface area contributed by atoms with Crippen molar-refractivity contribution in [2.45, 2.75) is 26.3 Å². The van der Waals surface area contributed by atoms with E-state index in [2.05, 4.69) is 0 Å². The van der Waals surface area contributed by atoms with E-state index in [0.717, 1.165) is 4.90 Å². The Balaban J connectivity index is 0.000000811. The van der Waals surface area contributed by atoms with Crippen molar-refractivity contribution in [2.24, 2.45) is 0 Å². The molecule has 6 nitrogen and oxygen atoms in total. The summed E-state index contributed by atoms with van der Waals surface area (Å²) >= 11 is 0. The van der Waals surface area contributed by atoms with Crippen LogP contribution in [0, 0.1) is 10.1 Å². The molecule has 0 aliphatic carbocycles. The summed E-state index contributed by atoms with van der Waals surface area (Å²) < 4.78 is 10.5. The van der Waals surface area contributed by atoms with Crippen LogP contribution in [0.3, 0.4) is 0 Å². The molecule has 1 fully saturated rings. The summed E-state index contributed by atoms with van der Waals surface area (Å²) in [6.45, 7) is 4.46. The largest absolute Gasteiger partial charge is 0.330 e. The molecule has 1 saturated heterocycles. The third-order valence-corrected chi connectivity index (χ3v) is 2.38. The molecule has 0 aromatic heterocycles. The number of nitrogens with one attached hydrogen (secondary N) is 1. The summed E-state index contributed by atoms with van der Waals surface area (Å²) in [5.74, 6) is 0. The lowest BCUT2D eigenvalue weighted by molar-refractivity contribution is -0.913. The fraction of sp³-hybridized carbons (Fsp3) is 0.600. The highest BCUT2D eigenvalue weighted by Gasteiger charge is 2.40. The van der Waals surface area contributed by atoms with Gasteiger partial charge < -0.3 is 9.47 Å². The van der Waals surface area contributed by atoms with Gasteiger partial charge in [0.15, 0.2) is 6.20 Å². The quantitative estimate of drug-likeness (QED) is 0.564. The summed E-state index contributed by atoms with van der Waals surface area (Å²) in [5.41, 5.74) is 0.0869. The molecule has 7 heteroatoms. The van der Waals surface area contributed by atoms with E-state index in [1.54, 1.807) is 13.2 Å². The fourth-order valence-electron chi connectivity index (χ4n) is 1.63. The van der Waals surface area contributed by atoms with E-state index in [4.69, 9.17) is 9.47 Å². The molecule has 0 radical (unpaired) electrons. The summed E-state index contributed by atoms with van der Waals surface area (Å²) in [6, 6.07) is 0. The van der Waals surface area contributed by atoms with Gasteiger partial charge in [-0.15, -0.1) is 0 Å². The van der Waals surface area contributed by atoms with Gasteiger partial charge in [0, 0.05) is 19.3 Å². The lowest BCUT2D eigenvalue weighted by Gasteiger charge is -2.18. The van der Waals surface area contributed by atoms with Crippen LogP contribution in [-0.4, -0.2) is 31.1 Å². The van der Waals surface area contributed by atoms with E-state index in [1.165, 1.54) is 12.3 Å². The molecule has 1 N–H and O–H groups in total. The van der Waals surface area contributed by atoms with E-state index < -0.39 is 4.92 Å². The van der Waals surface area contributed by atoms with Crippen LogP contribution in [0.1, 0.15) is 13.8 Å². The molecule has 0 aromatic carbocycles. The van der Waals surface area contributed by atoms with Crippen LogP contribution in [-0.2, 0) is 9.47 Å². The Labute approximate surface area is 107 Å². The van der Waals surface area contributed by atoms with Crippen molar-refractivity contribution in [1.82, 2.24) is 0 Å². The average Bonchev–Trinajstić information content (AvgIpc) is 2.73. The number of nitro groups is 1. The Morgan fingerprint density at radius 2 is 2.24 bits per heavy atom. The van der Waals surface area contributed by atoms with E-state index in [-0.39, 0.29) is 31.6 Å². The zero-order valence-corrected chi connectivity index (χ0v) is 11.2. The number of quaternary nitrogens is 1. The SMILES string of the molecule is CC.COC1COC2C=CC([N+](=O)[O-])=C[NH+]21.S. The van der Waals surface area contributed by atoms with Crippen molar-refractivity contribution in [3.8, 4) is 0 Å². The van der Waals surface area contributed by atoms with Gasteiger partial charge in [-0.05, 0) is 0 Å². The second kappa shape index (κ2) is 7.44. The van der Waals surface area contributed by atoms with E-state index in [9.17, 15) is 10.1 Å². The molecular weight excluding hydrogens is 244 g/mol. The molecule has 2 aliphatic heterocycles. The number of methoxy groups -OCH3 is 1. The van der Waals surface area contributed by atoms with Gasteiger partial charge in [-0.2, -0.15) is 13.5 Å². The molecule has 98 valence electrons. The molecule has 0 spiro atoms. The first kappa shape index (κ1) is 16.1. The number of ether oxygens (including phenoxy) is 2. The van der Waals surface area contributed by atoms with Gasteiger partial charge in [0.05, 0.1) is 4.92 Å². The van der Waals surface area contributed by atoms with Crippen LogP contribution >= 0.6 is 13.5 Å². The van der Waals surface area contributed by atoms with Crippen LogP contribution in [0.5, 0.6) is 0 Å². The lowest BCUT2D eigenvalue weighted by Crippen LogP contribution is -3.13. The molecule has 3 atom stereocenters. The highest BCUT2D eigenvalue weighted by atomic mass is 32.1. The second-order valence-corrected chi connectivity index (χ2v) is 3.16. The Morgan fingerprint density at radius 3 is 2.76 bits per heavy atom. The van der Waals surface area contributed by atoms with E-state index >= 15 is 0 Å². The van der Waals surface area contributed by atoms with Crippen molar-refractivity contribution in [2.75, 3.05) is 13.7 Å². The summed E-state index contributed by atoms with van der Waals surface area (Å²) in [5, 5.41) is 10.5. The van der Waals surface area contributed by atoms with Crippen molar-refractivity contribution in [3.05, 3.63) is 34.2 Å². The Kier molecular flexibility index (Phi) is 7.05. The molecule has 0 amide bonds. The van der Waals surface area contributed by atoms with Gasteiger partial charge >= 0.3 is 5.70 Å². The Hall–Kier alpha value is -0.890. The van der Waals surface area contributed by atoms with Gasteiger partial charge in [0.1, 0.15) is 6.61 Å². The Bertz CT molecular complexity index is 319. The van der Waals surface area contributed by atoms with Crippen molar-refractivity contribution in [1.29, 1.82) is 0 Å². The average molecular weight is 263 g/mol. The molecule has 2 heterocycles. The molecule has 0 saturated carbocycles. The van der Waals surface area contributed by atoms with Crippen molar-refractivity contribution >= 4 is 13.5 Å². The van der Waals surface area contributed by atoms with Crippen LogP contribution in [0.2, 0.25) is 0 Å². The van der Waals surface area contributed by atoms with Crippen molar-refractivity contribution < 1.29 is 19.3 Å². The zero-order chi connectivity index (χ0) is 12.1. The van der Waals surface area contributed by atoms with Crippen LogP contribution in [0.15, 0.2) is 24.0 Å². The maximum atomic E-state index is 10.5. The molecule has 3 unspecified atom stereocenters. The summed E-state index contributed by atoms with van der Waals surface area (Å²) in [6.07, 6.45) is 4.38. The van der Waals surface area contributed by atoms with Gasteiger partial charge in [-0.3, -0.25) is 10.1 Å². The summed E-state index contributed by atoms with van der Waals surface area (Å²) in [4.78, 5) is 11.0. The second-order valence-electron chi connectivity index (χ2n) is 3.16. The number of fused-ring (bicyclic) bond motifs is 1. The van der Waals surface area contributed by atoms with Crippen LogP contribution < -0.4 is 4.90 Å². The first-order chi connectivity index (χ1) is 7.72. The minimum absolute atomic E-state index is 0. The third kappa shape index (κ3) is 3.53. The minimum atomic E-state index is -0.412. The maximum absolute atomic E-state index is 10.5. The standard InChI is InChI=1S/C8H10N2O4.C2H6.H2S/c1-13-8-5-14-7-3-2-6(10(11)12)4-9(7)8;1-2;/h2-4,7-8H,5H2,1H3;1-2H3;1H2/p+1. The number of hydrogen-bond acceptors (Lipinski definition) is 4. The predicted octanol–water partition coefficient (Wildman–Crippen LogP) is 0.0270. The number of rotatable bonds is 2. The van der Waals surface area contributed by atoms with E-state index in [0.29, 0.717) is 6.61 Å². The highest BCUT2D eigenvalue weighted by molar-refractivity contribution is 7.59. The van der Waals surface area contributed by atoms with Crippen LogP contribution in [0.4, 0.5) is 0 Å².